The van der Waals surface area contributed by atoms with Gasteiger partial charge in [0.1, 0.15) is 11.0 Å². The number of benzene rings is 2. The summed E-state index contributed by atoms with van der Waals surface area (Å²) in [5.74, 6) is -1.27. The lowest BCUT2D eigenvalue weighted by molar-refractivity contribution is -0.119. The molecule has 0 unspecified atom stereocenters. The molecule has 0 radical (unpaired) electrons. The van der Waals surface area contributed by atoms with E-state index in [4.69, 9.17) is 13.8 Å². The third kappa shape index (κ3) is 6.53. The number of amides is 2. The minimum atomic E-state index is -3.59. The van der Waals surface area contributed by atoms with Crippen molar-refractivity contribution in [3.63, 3.8) is 0 Å². The molecular weight excluding hydrogens is 551 g/mol. The summed E-state index contributed by atoms with van der Waals surface area (Å²) in [4.78, 5) is 42.1. The molecule has 11 heteroatoms. The lowest BCUT2D eigenvalue weighted by Crippen LogP contribution is -2.43. The van der Waals surface area contributed by atoms with Crippen LogP contribution in [-0.2, 0) is 23.1 Å². The molecule has 1 N–H and O–H groups in total. The predicted molar refractivity (Wildman–Crippen MR) is 155 cm³/mol. The van der Waals surface area contributed by atoms with E-state index in [2.05, 4.69) is 5.32 Å². The maximum Gasteiger partial charge on any atom is 0.361 e. The molecule has 1 aliphatic heterocycles. The van der Waals surface area contributed by atoms with Crippen LogP contribution >= 0.6 is 18.9 Å². The zero-order chi connectivity index (χ0) is 28.7. The first-order valence-electron chi connectivity index (χ1n) is 13.3. The van der Waals surface area contributed by atoms with Crippen molar-refractivity contribution in [2.75, 3.05) is 31.7 Å². The Balaban J connectivity index is 1.57. The van der Waals surface area contributed by atoms with Crippen LogP contribution in [0.1, 0.15) is 54.3 Å². The van der Waals surface area contributed by atoms with E-state index in [-0.39, 0.29) is 48.1 Å². The standard InChI is InChI=1S/C29H33N2O7PS/c1-4-36-29(34)23-19-25(20-12-8-7-9-13-20)40-27(23)30-26(32)24-16-11-17-31(24)28(33)21-14-10-15-22(18-21)39(35,37-5-2)38-6-3/h7-10,12-15,18-19,24H,4-6,11,16-17H2,1-3H3,(H,30,32)/t24-/m0/s1. The van der Waals surface area contributed by atoms with Gasteiger partial charge < -0.3 is 24.0 Å². The van der Waals surface area contributed by atoms with Crippen molar-refractivity contribution in [3.8, 4) is 10.4 Å². The van der Waals surface area contributed by atoms with E-state index in [0.29, 0.717) is 24.4 Å². The summed E-state index contributed by atoms with van der Waals surface area (Å²) in [5, 5.41) is 3.55. The summed E-state index contributed by atoms with van der Waals surface area (Å²) in [7, 11) is -3.59. The first-order valence-corrected chi connectivity index (χ1v) is 15.6. The maximum absolute atomic E-state index is 13.6. The van der Waals surface area contributed by atoms with Crippen molar-refractivity contribution in [2.45, 2.75) is 39.7 Å². The SMILES string of the molecule is CCOC(=O)c1cc(-c2ccccc2)sc1NC(=O)[C@@H]1CCCN1C(=O)c1cccc(P(=O)(OCC)OCC)c1. The van der Waals surface area contributed by atoms with Crippen molar-refractivity contribution in [1.82, 2.24) is 4.90 Å². The number of esters is 1. The number of anilines is 1. The second-order valence-electron chi connectivity index (χ2n) is 8.97. The Morgan fingerprint density at radius 2 is 1.70 bits per heavy atom. The fourth-order valence-electron chi connectivity index (χ4n) is 4.57. The Kier molecular flexibility index (Phi) is 9.92. The molecule has 4 rings (SSSR count). The normalized spacial score (nSPS) is 15.2. The monoisotopic (exact) mass is 584 g/mol. The zero-order valence-electron chi connectivity index (χ0n) is 22.8. The molecule has 40 heavy (non-hydrogen) atoms. The minimum Gasteiger partial charge on any atom is -0.462 e. The topological polar surface area (TPSA) is 111 Å². The largest absolute Gasteiger partial charge is 0.462 e. The van der Waals surface area contributed by atoms with Crippen LogP contribution in [0.5, 0.6) is 0 Å². The molecule has 2 amide bonds. The maximum atomic E-state index is 13.6. The van der Waals surface area contributed by atoms with Crippen LogP contribution in [0.3, 0.4) is 0 Å². The third-order valence-electron chi connectivity index (χ3n) is 6.35. The van der Waals surface area contributed by atoms with Crippen LogP contribution in [-0.4, -0.2) is 55.1 Å². The summed E-state index contributed by atoms with van der Waals surface area (Å²) < 4.78 is 29.3. The van der Waals surface area contributed by atoms with Gasteiger partial charge in [0.15, 0.2) is 0 Å². The van der Waals surface area contributed by atoms with Gasteiger partial charge >= 0.3 is 13.6 Å². The Morgan fingerprint density at radius 1 is 0.975 bits per heavy atom. The quantitative estimate of drug-likeness (QED) is 0.226. The molecule has 1 fully saturated rings. The van der Waals surface area contributed by atoms with Gasteiger partial charge in [-0.2, -0.15) is 0 Å². The number of likely N-dealkylation sites (tertiary alicyclic amines) is 1. The molecule has 0 bridgehead atoms. The molecule has 2 heterocycles. The molecule has 0 saturated carbocycles. The van der Waals surface area contributed by atoms with E-state index in [0.717, 1.165) is 10.4 Å². The van der Waals surface area contributed by atoms with Crippen LogP contribution in [0, 0.1) is 0 Å². The number of nitrogens with one attached hydrogen (secondary N) is 1. The summed E-state index contributed by atoms with van der Waals surface area (Å²) in [6, 6.07) is 16.9. The van der Waals surface area contributed by atoms with Crippen molar-refractivity contribution in [2.24, 2.45) is 0 Å². The van der Waals surface area contributed by atoms with Gasteiger partial charge in [-0.1, -0.05) is 36.4 Å². The molecule has 9 nitrogen and oxygen atoms in total. The van der Waals surface area contributed by atoms with Gasteiger partial charge in [0.2, 0.25) is 5.91 Å². The molecule has 1 aliphatic rings. The fourth-order valence-corrected chi connectivity index (χ4v) is 7.24. The first-order chi connectivity index (χ1) is 19.3. The lowest BCUT2D eigenvalue weighted by Gasteiger charge is -2.24. The first kappa shape index (κ1) is 29.7. The molecule has 1 atom stereocenters. The molecule has 1 saturated heterocycles. The summed E-state index contributed by atoms with van der Waals surface area (Å²) in [6.07, 6.45) is 1.11. The van der Waals surface area contributed by atoms with Crippen molar-refractivity contribution in [1.29, 1.82) is 0 Å². The third-order valence-corrected chi connectivity index (χ3v) is 9.55. The van der Waals surface area contributed by atoms with Gasteiger partial charge in [-0.15, -0.1) is 11.3 Å². The molecule has 0 aliphatic carbocycles. The van der Waals surface area contributed by atoms with Gasteiger partial charge in [-0.05, 0) is 63.4 Å². The summed E-state index contributed by atoms with van der Waals surface area (Å²) in [6.45, 7) is 6.13. The average Bonchev–Trinajstić information content (AvgIpc) is 3.62. The number of hydrogen-bond donors (Lipinski definition) is 1. The second-order valence-corrected chi connectivity index (χ2v) is 12.0. The van der Waals surface area contributed by atoms with Crippen LogP contribution in [0.2, 0.25) is 0 Å². The number of thiophene rings is 1. The Morgan fingerprint density at radius 3 is 2.38 bits per heavy atom. The van der Waals surface area contributed by atoms with Gasteiger partial charge in [-0.25, -0.2) is 4.79 Å². The lowest BCUT2D eigenvalue weighted by atomic mass is 10.1. The minimum absolute atomic E-state index is 0.187. The molecule has 212 valence electrons. The fraction of sp³-hybridized carbons (Fsp3) is 0.345. The number of ether oxygens (including phenoxy) is 1. The summed E-state index contributed by atoms with van der Waals surface area (Å²) in [5.41, 5.74) is 1.46. The Hall–Kier alpha value is -3.30. The van der Waals surface area contributed by atoms with Gasteiger partial charge in [0.05, 0.1) is 30.7 Å². The Labute approximate surface area is 238 Å². The molecule has 2 aromatic carbocycles. The van der Waals surface area contributed by atoms with Gasteiger partial charge in [0.25, 0.3) is 5.91 Å². The van der Waals surface area contributed by atoms with E-state index in [1.54, 1.807) is 45.0 Å². The molecule has 1 aromatic heterocycles. The molecule has 0 spiro atoms. The van der Waals surface area contributed by atoms with Crippen molar-refractivity contribution < 1.29 is 32.7 Å². The van der Waals surface area contributed by atoms with E-state index in [1.807, 2.05) is 30.3 Å². The number of carbonyl (C=O) groups excluding carboxylic acids is 3. The van der Waals surface area contributed by atoms with Crippen molar-refractivity contribution >= 4 is 47.0 Å². The number of nitrogens with zero attached hydrogens (tertiary/aromatic N) is 1. The zero-order valence-corrected chi connectivity index (χ0v) is 24.5. The van der Waals surface area contributed by atoms with Crippen LogP contribution < -0.4 is 10.6 Å². The second kappa shape index (κ2) is 13.4. The van der Waals surface area contributed by atoms with Gasteiger partial charge in [0, 0.05) is 17.0 Å². The highest BCUT2D eigenvalue weighted by molar-refractivity contribution is 7.62. The number of rotatable bonds is 11. The van der Waals surface area contributed by atoms with Crippen LogP contribution in [0.15, 0.2) is 60.7 Å². The average molecular weight is 585 g/mol. The highest BCUT2D eigenvalue weighted by atomic mass is 32.1. The van der Waals surface area contributed by atoms with Gasteiger partial charge in [-0.3, -0.25) is 14.2 Å². The van der Waals surface area contributed by atoms with Crippen LogP contribution in [0.4, 0.5) is 5.00 Å². The number of hydrogen-bond acceptors (Lipinski definition) is 8. The summed E-state index contributed by atoms with van der Waals surface area (Å²) >= 11 is 1.28. The highest BCUT2D eigenvalue weighted by Gasteiger charge is 2.36. The van der Waals surface area contributed by atoms with Crippen LogP contribution in [0.25, 0.3) is 10.4 Å². The number of carbonyl (C=O) groups is 3. The molecular formula is C29H33N2O7PS. The van der Waals surface area contributed by atoms with E-state index < -0.39 is 19.6 Å². The van der Waals surface area contributed by atoms with Crippen molar-refractivity contribution in [3.05, 3.63) is 71.8 Å². The van der Waals surface area contributed by atoms with E-state index in [1.165, 1.54) is 22.3 Å². The molecule has 3 aromatic rings. The van der Waals surface area contributed by atoms with E-state index >= 15 is 0 Å². The Bertz CT molecular complexity index is 1400. The van der Waals surface area contributed by atoms with E-state index in [9.17, 15) is 18.9 Å². The predicted octanol–water partition coefficient (Wildman–Crippen LogP) is 5.73. The highest BCUT2D eigenvalue weighted by Crippen LogP contribution is 2.47. The smallest absolute Gasteiger partial charge is 0.361 e.